The largest absolute Gasteiger partial charge is 0.480 e. The van der Waals surface area contributed by atoms with Crippen LogP contribution in [-0.4, -0.2) is 30.5 Å². The smallest absolute Gasteiger partial charge is 0.321 e. The summed E-state index contributed by atoms with van der Waals surface area (Å²) >= 11 is 0. The predicted molar refractivity (Wildman–Crippen MR) is 64.3 cm³/mol. The van der Waals surface area contributed by atoms with E-state index in [9.17, 15) is 13.2 Å². The maximum atomic E-state index is 11.8. The molecular weight excluding hydrogens is 228 g/mol. The Labute approximate surface area is 98.0 Å². The third-order valence-corrected chi connectivity index (χ3v) is 4.72. The summed E-state index contributed by atoms with van der Waals surface area (Å²) in [5, 5.41) is 7.71. The molecule has 0 bridgehead atoms. The van der Waals surface area contributed by atoms with Crippen molar-refractivity contribution >= 4 is 15.8 Å². The van der Waals surface area contributed by atoms with Gasteiger partial charge in [0.05, 0.1) is 5.75 Å². The quantitative estimate of drug-likeness (QED) is 0.637. The molecule has 0 rings (SSSR count). The van der Waals surface area contributed by atoms with Crippen LogP contribution in [0.1, 0.15) is 52.4 Å². The molecule has 1 atom stereocenters. The molecule has 0 aliphatic heterocycles. The summed E-state index contributed by atoms with van der Waals surface area (Å²) < 4.78 is 23.5. The Morgan fingerprint density at radius 1 is 1.12 bits per heavy atom. The number of carbonyl (C=O) groups is 1. The highest BCUT2D eigenvalue weighted by atomic mass is 32.2. The number of carboxylic acids is 1. The van der Waals surface area contributed by atoms with Gasteiger partial charge in [0.2, 0.25) is 0 Å². The zero-order valence-electron chi connectivity index (χ0n) is 10.1. The molecular formula is C11H22O4S. The number of hydrogen-bond donors (Lipinski definition) is 1. The van der Waals surface area contributed by atoms with Crippen molar-refractivity contribution in [2.45, 2.75) is 57.6 Å². The first-order chi connectivity index (χ1) is 7.45. The zero-order chi connectivity index (χ0) is 12.6. The zero-order valence-corrected chi connectivity index (χ0v) is 10.9. The molecule has 1 N–H and O–H groups in total. The molecule has 96 valence electrons. The second-order valence-electron chi connectivity index (χ2n) is 4.04. The Hall–Kier alpha value is -0.580. The van der Waals surface area contributed by atoms with Crippen molar-refractivity contribution < 1.29 is 18.3 Å². The molecule has 0 spiro atoms. The van der Waals surface area contributed by atoms with Crippen molar-refractivity contribution in [3.8, 4) is 0 Å². The van der Waals surface area contributed by atoms with Crippen molar-refractivity contribution in [3.63, 3.8) is 0 Å². The summed E-state index contributed by atoms with van der Waals surface area (Å²) in [7, 11) is -3.47. The maximum Gasteiger partial charge on any atom is 0.321 e. The van der Waals surface area contributed by atoms with E-state index < -0.39 is 21.1 Å². The van der Waals surface area contributed by atoms with Gasteiger partial charge in [0.25, 0.3) is 0 Å². The minimum absolute atomic E-state index is 0.00151. The summed E-state index contributed by atoms with van der Waals surface area (Å²) in [6.45, 7) is 3.90. The van der Waals surface area contributed by atoms with Gasteiger partial charge >= 0.3 is 5.97 Å². The van der Waals surface area contributed by atoms with Gasteiger partial charge in [-0.15, -0.1) is 0 Å². The maximum absolute atomic E-state index is 11.8. The van der Waals surface area contributed by atoms with E-state index in [4.69, 9.17) is 5.11 Å². The lowest BCUT2D eigenvalue weighted by atomic mass is 10.2. The Balaban J connectivity index is 4.44. The van der Waals surface area contributed by atoms with Gasteiger partial charge in [-0.2, -0.15) is 0 Å². The molecule has 0 saturated carbocycles. The fourth-order valence-corrected chi connectivity index (χ4v) is 3.27. The highest BCUT2D eigenvalue weighted by molar-refractivity contribution is 7.92. The van der Waals surface area contributed by atoms with Gasteiger partial charge in [0.15, 0.2) is 15.1 Å². The number of aliphatic carboxylic acids is 1. The highest BCUT2D eigenvalue weighted by Gasteiger charge is 2.30. The fourth-order valence-electron chi connectivity index (χ4n) is 1.54. The van der Waals surface area contributed by atoms with Crippen LogP contribution in [0.15, 0.2) is 0 Å². The Bertz CT molecular complexity index is 295. The average Bonchev–Trinajstić information content (AvgIpc) is 2.17. The summed E-state index contributed by atoms with van der Waals surface area (Å²) in [6.07, 6.45) is 4.02. The third-order valence-electron chi connectivity index (χ3n) is 2.56. The van der Waals surface area contributed by atoms with Crippen LogP contribution in [0.2, 0.25) is 0 Å². The van der Waals surface area contributed by atoms with E-state index in [1.54, 1.807) is 0 Å². The highest BCUT2D eigenvalue weighted by Crippen LogP contribution is 2.14. The van der Waals surface area contributed by atoms with Gasteiger partial charge < -0.3 is 5.11 Å². The van der Waals surface area contributed by atoms with E-state index in [1.165, 1.54) is 0 Å². The molecule has 0 heterocycles. The topological polar surface area (TPSA) is 71.4 Å². The minimum atomic E-state index is -3.47. The fraction of sp³-hybridized carbons (Fsp3) is 0.909. The third kappa shape index (κ3) is 5.49. The number of sulfone groups is 1. The number of unbranched alkanes of at least 4 members (excludes halogenated alkanes) is 3. The van der Waals surface area contributed by atoms with E-state index in [1.807, 2.05) is 13.8 Å². The first-order valence-electron chi connectivity index (χ1n) is 5.90. The molecule has 0 aliphatic rings. The van der Waals surface area contributed by atoms with Gasteiger partial charge in [-0.1, -0.05) is 39.5 Å². The van der Waals surface area contributed by atoms with Crippen LogP contribution in [0.25, 0.3) is 0 Å². The van der Waals surface area contributed by atoms with Crippen LogP contribution in [0.3, 0.4) is 0 Å². The molecule has 0 saturated heterocycles. The van der Waals surface area contributed by atoms with Gasteiger partial charge in [-0.25, -0.2) is 8.42 Å². The van der Waals surface area contributed by atoms with Crippen LogP contribution in [0, 0.1) is 0 Å². The van der Waals surface area contributed by atoms with Crippen molar-refractivity contribution in [3.05, 3.63) is 0 Å². The minimum Gasteiger partial charge on any atom is -0.480 e. The Kier molecular flexibility index (Phi) is 7.38. The van der Waals surface area contributed by atoms with Crippen LogP contribution in [-0.2, 0) is 14.6 Å². The van der Waals surface area contributed by atoms with E-state index >= 15 is 0 Å². The van der Waals surface area contributed by atoms with E-state index in [0.29, 0.717) is 12.8 Å². The first-order valence-corrected chi connectivity index (χ1v) is 7.61. The standard InChI is InChI=1S/C11H22O4S/c1-3-5-7-9-16(14,15)10(11(12)13)8-6-4-2/h10H,3-9H2,1-2H3,(H,12,13). The summed E-state index contributed by atoms with van der Waals surface area (Å²) in [4.78, 5) is 10.9. The van der Waals surface area contributed by atoms with Crippen molar-refractivity contribution in [2.75, 3.05) is 5.75 Å². The monoisotopic (exact) mass is 250 g/mol. The SMILES string of the molecule is CCCCCS(=O)(=O)C(CCCC)C(=O)O. The number of hydrogen-bond acceptors (Lipinski definition) is 3. The second kappa shape index (κ2) is 7.65. The van der Waals surface area contributed by atoms with Gasteiger partial charge in [-0.3, -0.25) is 4.79 Å². The lowest BCUT2D eigenvalue weighted by molar-refractivity contribution is -0.136. The molecule has 0 fully saturated rings. The lowest BCUT2D eigenvalue weighted by Crippen LogP contribution is -2.32. The predicted octanol–water partition coefficient (Wildman–Crippen LogP) is 2.23. The molecule has 16 heavy (non-hydrogen) atoms. The molecule has 1 unspecified atom stereocenters. The van der Waals surface area contributed by atoms with Crippen LogP contribution in [0.4, 0.5) is 0 Å². The van der Waals surface area contributed by atoms with E-state index in [2.05, 4.69) is 0 Å². The Morgan fingerprint density at radius 2 is 1.69 bits per heavy atom. The van der Waals surface area contributed by atoms with Crippen molar-refractivity contribution in [1.29, 1.82) is 0 Å². The molecule has 0 amide bonds. The van der Waals surface area contributed by atoms with E-state index in [-0.39, 0.29) is 12.2 Å². The number of rotatable bonds is 9. The summed E-state index contributed by atoms with van der Waals surface area (Å²) in [5.74, 6) is -1.20. The average molecular weight is 250 g/mol. The van der Waals surface area contributed by atoms with Crippen molar-refractivity contribution in [1.82, 2.24) is 0 Å². The molecule has 5 heteroatoms. The van der Waals surface area contributed by atoms with E-state index in [0.717, 1.165) is 19.3 Å². The molecule has 0 aromatic rings. The van der Waals surface area contributed by atoms with Gasteiger partial charge in [0, 0.05) is 0 Å². The molecule has 0 radical (unpaired) electrons. The summed E-state index contributed by atoms with van der Waals surface area (Å²) in [5.41, 5.74) is 0. The molecule has 4 nitrogen and oxygen atoms in total. The van der Waals surface area contributed by atoms with Crippen LogP contribution < -0.4 is 0 Å². The molecule has 0 aromatic carbocycles. The molecule has 0 aliphatic carbocycles. The lowest BCUT2D eigenvalue weighted by Gasteiger charge is -2.12. The first kappa shape index (κ1) is 15.4. The van der Waals surface area contributed by atoms with Crippen molar-refractivity contribution in [2.24, 2.45) is 0 Å². The van der Waals surface area contributed by atoms with Gasteiger partial charge in [-0.05, 0) is 12.8 Å². The van der Waals surface area contributed by atoms with Crippen LogP contribution >= 0.6 is 0 Å². The second-order valence-corrected chi connectivity index (χ2v) is 6.35. The number of carboxylic acid groups (broad SMARTS) is 1. The van der Waals surface area contributed by atoms with Gasteiger partial charge in [0.1, 0.15) is 0 Å². The molecule has 0 aromatic heterocycles. The normalized spacial score (nSPS) is 13.6. The van der Waals surface area contributed by atoms with Crippen LogP contribution in [0.5, 0.6) is 0 Å². The summed E-state index contributed by atoms with van der Waals surface area (Å²) in [6, 6.07) is 0. The Morgan fingerprint density at radius 3 is 2.12 bits per heavy atom.